The Morgan fingerprint density at radius 3 is 2.32 bits per heavy atom. The van der Waals surface area contributed by atoms with Crippen LogP contribution in [0.3, 0.4) is 0 Å². The summed E-state index contributed by atoms with van der Waals surface area (Å²) in [6.07, 6.45) is -1.66. The van der Waals surface area contributed by atoms with E-state index in [-0.39, 0.29) is 17.0 Å². The summed E-state index contributed by atoms with van der Waals surface area (Å²) in [5.74, 6) is -9.36. The van der Waals surface area contributed by atoms with Gasteiger partial charge in [0.05, 0.1) is 27.2 Å². The van der Waals surface area contributed by atoms with Crippen LogP contribution < -0.4 is 11.5 Å². The summed E-state index contributed by atoms with van der Waals surface area (Å²) >= 11 is 1.80. The summed E-state index contributed by atoms with van der Waals surface area (Å²) in [6.45, 7) is 1.62. The van der Waals surface area contributed by atoms with Gasteiger partial charge in [0.15, 0.2) is 11.4 Å². The highest BCUT2D eigenvalue weighted by Gasteiger charge is 2.68. The van der Waals surface area contributed by atoms with Crippen molar-refractivity contribution in [3.8, 4) is 5.75 Å². The number of hydrogen-bond donors (Lipinski definition) is 7. The van der Waals surface area contributed by atoms with E-state index in [0.717, 1.165) is 0 Å². The van der Waals surface area contributed by atoms with E-state index in [1.165, 1.54) is 25.1 Å². The van der Waals surface area contributed by atoms with Crippen molar-refractivity contribution < 1.29 is 39.9 Å². The Hall–Kier alpha value is -2.68. The van der Waals surface area contributed by atoms with Crippen LogP contribution >= 0.6 is 22.6 Å². The zero-order valence-electron chi connectivity index (χ0n) is 18.4. The molecule has 0 aliphatic heterocycles. The number of hydrogen-bond acceptors (Lipinski definition) is 10. The molecule has 3 aliphatic rings. The average Bonchev–Trinajstić information content (AvgIpc) is 2.73. The molecule has 9 N–H and O–H groups in total. The first kappa shape index (κ1) is 24.4. The van der Waals surface area contributed by atoms with E-state index in [4.69, 9.17) is 11.5 Å². The van der Waals surface area contributed by atoms with Crippen molar-refractivity contribution in [1.29, 1.82) is 0 Å². The number of nitrogens with zero attached hydrogens (tertiary/aromatic N) is 1. The lowest BCUT2D eigenvalue weighted by atomic mass is 9.54. The van der Waals surface area contributed by atoms with E-state index >= 15 is 0 Å². The molecular formula is C22H24IN3O8. The number of aromatic hydroxyl groups is 1. The van der Waals surface area contributed by atoms with Crippen LogP contribution in [0.1, 0.15) is 24.0 Å². The van der Waals surface area contributed by atoms with Crippen LogP contribution in [0.15, 0.2) is 23.0 Å². The average molecular weight is 585 g/mol. The number of aliphatic hydroxyl groups excluding tert-OH is 3. The number of halogens is 1. The first-order valence-corrected chi connectivity index (χ1v) is 11.4. The number of primary amides is 1. The number of nitrogen functional groups attached to an aromatic ring is 1. The largest absolute Gasteiger partial charge is 0.508 e. The van der Waals surface area contributed by atoms with Crippen molar-refractivity contribution in [1.82, 2.24) is 4.90 Å². The van der Waals surface area contributed by atoms with Gasteiger partial charge in [0.2, 0.25) is 5.78 Å². The fourth-order valence-corrected chi connectivity index (χ4v) is 6.38. The number of anilines is 1. The lowest BCUT2D eigenvalue weighted by Crippen LogP contribution is -2.70. The standard InChI is InChI=1S/C22H24IN3O8/c1-5-8-7(24)4-6(23)15(27)10(8)16(28)11-9(5)17(29)13-14(26(2)3)18(30)12(21(25)33)20(32)22(13,34)19(11)31/h4-5,9,13-14,17,27-29,32,34H,24H2,1-3H3,(H2,25,33)/t5-,9?,13?,14-,17?,22-/m0/s1. The fourth-order valence-electron chi connectivity index (χ4n) is 5.77. The summed E-state index contributed by atoms with van der Waals surface area (Å²) in [5, 5.41) is 55.7. The second-order valence-electron chi connectivity index (χ2n) is 9.13. The lowest BCUT2D eigenvalue weighted by molar-refractivity contribution is -0.169. The third kappa shape index (κ3) is 2.82. The highest BCUT2D eigenvalue weighted by Crippen LogP contribution is 2.57. The van der Waals surface area contributed by atoms with Crippen LogP contribution in [0.5, 0.6) is 5.75 Å². The number of rotatable bonds is 2. The van der Waals surface area contributed by atoms with E-state index in [9.17, 15) is 39.9 Å². The summed E-state index contributed by atoms with van der Waals surface area (Å²) in [6, 6.07) is 0.0826. The lowest BCUT2D eigenvalue weighted by Gasteiger charge is -2.53. The number of fused-ring (bicyclic) bond motifs is 3. The molecule has 1 aromatic rings. The van der Waals surface area contributed by atoms with Gasteiger partial charge in [-0.25, -0.2) is 0 Å². The van der Waals surface area contributed by atoms with Gasteiger partial charge < -0.3 is 37.0 Å². The molecule has 0 spiro atoms. The molecule has 182 valence electrons. The van der Waals surface area contributed by atoms with Gasteiger partial charge >= 0.3 is 0 Å². The number of likely N-dealkylation sites (N-methyl/N-ethyl adjacent to an activating group) is 1. The Kier molecular flexibility index (Phi) is 5.51. The van der Waals surface area contributed by atoms with Crippen molar-refractivity contribution in [3.05, 3.63) is 37.7 Å². The highest BCUT2D eigenvalue weighted by molar-refractivity contribution is 14.1. The number of benzene rings is 1. The smallest absolute Gasteiger partial charge is 0.255 e. The molecule has 0 saturated heterocycles. The van der Waals surface area contributed by atoms with Crippen LogP contribution in [-0.2, 0) is 14.4 Å². The van der Waals surface area contributed by atoms with E-state index in [1.54, 1.807) is 29.5 Å². The topological polar surface area (TPSA) is 208 Å². The maximum Gasteiger partial charge on any atom is 0.255 e. The van der Waals surface area contributed by atoms with Gasteiger partial charge in [0.1, 0.15) is 22.8 Å². The van der Waals surface area contributed by atoms with E-state index < -0.39 is 75.6 Å². The zero-order valence-corrected chi connectivity index (χ0v) is 20.6. The SMILES string of the molecule is C[C@H]1c2c(N)cc(I)c(O)c2C(O)=C2C(=O)[C@]3(O)C(O)=C(C(N)=O)C(=O)[C@@H](N(C)C)C3C(O)C21. The summed E-state index contributed by atoms with van der Waals surface area (Å²) in [4.78, 5) is 40.2. The number of carbonyl (C=O) groups excluding carboxylic acids is 3. The molecule has 0 aromatic heterocycles. The van der Waals surface area contributed by atoms with Gasteiger partial charge in [-0.3, -0.25) is 19.3 Å². The van der Waals surface area contributed by atoms with Crippen molar-refractivity contribution >= 4 is 51.5 Å². The molecule has 1 fully saturated rings. The molecule has 0 radical (unpaired) electrons. The monoisotopic (exact) mass is 585 g/mol. The maximum atomic E-state index is 13.8. The van der Waals surface area contributed by atoms with E-state index in [0.29, 0.717) is 9.13 Å². The van der Waals surface area contributed by atoms with Gasteiger partial charge in [0.25, 0.3) is 5.91 Å². The van der Waals surface area contributed by atoms with Gasteiger partial charge in [-0.05, 0) is 54.2 Å². The minimum absolute atomic E-state index is 0.125. The number of Topliss-reactive ketones (excluding diaryl/α,β-unsaturated/α-hetero) is 2. The Balaban J connectivity index is 2.10. The van der Waals surface area contributed by atoms with Crippen LogP contribution in [0.4, 0.5) is 5.69 Å². The zero-order chi connectivity index (χ0) is 25.6. The first-order chi connectivity index (χ1) is 15.7. The summed E-state index contributed by atoms with van der Waals surface area (Å²) in [5.41, 5.74) is 7.48. The first-order valence-electron chi connectivity index (χ1n) is 10.3. The molecule has 4 rings (SSSR count). The molecule has 34 heavy (non-hydrogen) atoms. The molecule has 1 amide bonds. The normalized spacial score (nSPS) is 33.1. The molecule has 3 unspecified atom stereocenters. The second kappa shape index (κ2) is 7.66. The summed E-state index contributed by atoms with van der Waals surface area (Å²) < 4.78 is 0.293. The van der Waals surface area contributed by atoms with Crippen LogP contribution in [0.2, 0.25) is 0 Å². The molecule has 0 heterocycles. The molecule has 12 heteroatoms. The van der Waals surface area contributed by atoms with Gasteiger partial charge in [-0.2, -0.15) is 0 Å². The van der Waals surface area contributed by atoms with Crippen LogP contribution in [0, 0.1) is 15.4 Å². The van der Waals surface area contributed by atoms with E-state index in [2.05, 4.69) is 0 Å². The number of ketones is 2. The molecule has 0 bridgehead atoms. The highest BCUT2D eigenvalue weighted by atomic mass is 127. The van der Waals surface area contributed by atoms with E-state index in [1.807, 2.05) is 0 Å². The molecule has 3 aliphatic carbocycles. The van der Waals surface area contributed by atoms with Crippen molar-refractivity contribution in [2.75, 3.05) is 19.8 Å². The molecule has 1 saturated carbocycles. The number of nitrogens with two attached hydrogens (primary N) is 2. The fraction of sp³-hybridized carbons (Fsp3) is 0.409. The van der Waals surface area contributed by atoms with Crippen LogP contribution in [0.25, 0.3) is 5.76 Å². The molecule has 6 atom stereocenters. The quantitative estimate of drug-likeness (QED) is 0.104. The number of phenols is 1. The predicted molar refractivity (Wildman–Crippen MR) is 127 cm³/mol. The number of phenolic OH excluding ortho intramolecular Hbond substituents is 1. The minimum Gasteiger partial charge on any atom is -0.508 e. The number of carbonyl (C=O) groups is 3. The molecule has 1 aromatic carbocycles. The second-order valence-corrected chi connectivity index (χ2v) is 10.3. The maximum absolute atomic E-state index is 13.8. The third-order valence-electron chi connectivity index (χ3n) is 7.21. The van der Waals surface area contributed by atoms with Gasteiger partial charge in [-0.15, -0.1) is 0 Å². The molecule has 11 nitrogen and oxygen atoms in total. The van der Waals surface area contributed by atoms with Gasteiger partial charge in [-0.1, -0.05) is 6.92 Å². The summed E-state index contributed by atoms with van der Waals surface area (Å²) in [7, 11) is 2.89. The van der Waals surface area contributed by atoms with Crippen molar-refractivity contribution in [3.63, 3.8) is 0 Å². The van der Waals surface area contributed by atoms with Crippen molar-refractivity contribution in [2.45, 2.75) is 30.6 Å². The molecular weight excluding hydrogens is 561 g/mol. The van der Waals surface area contributed by atoms with Crippen LogP contribution in [-0.4, -0.2) is 79.7 Å². The predicted octanol–water partition coefficient (Wildman–Crippen LogP) is -0.317. The Labute approximate surface area is 207 Å². The Bertz CT molecular complexity index is 1240. The van der Waals surface area contributed by atoms with Gasteiger partial charge in [0, 0.05) is 17.2 Å². The number of aliphatic hydroxyl groups is 4. The Morgan fingerprint density at radius 2 is 1.79 bits per heavy atom. The number of amides is 1. The minimum atomic E-state index is -2.94. The third-order valence-corrected chi connectivity index (χ3v) is 8.03. The van der Waals surface area contributed by atoms with Crippen molar-refractivity contribution in [2.24, 2.45) is 17.6 Å². The Morgan fingerprint density at radius 1 is 1.21 bits per heavy atom.